The molecule has 0 saturated heterocycles. The first-order valence-electron chi connectivity index (χ1n) is 7.39. The van der Waals surface area contributed by atoms with Gasteiger partial charge in [-0.3, -0.25) is 4.79 Å². The molecule has 1 heterocycles. The predicted molar refractivity (Wildman–Crippen MR) is 81.8 cm³/mol. The number of nitrogens with one attached hydrogen (secondary N) is 1. The van der Waals surface area contributed by atoms with Gasteiger partial charge in [-0.15, -0.1) is 11.3 Å². The molecule has 3 atom stereocenters. The van der Waals surface area contributed by atoms with Crippen LogP contribution in [0.1, 0.15) is 44.2 Å². The third-order valence-electron chi connectivity index (χ3n) is 4.45. The van der Waals surface area contributed by atoms with Gasteiger partial charge in [-0.1, -0.05) is 20.8 Å². The maximum absolute atomic E-state index is 12.2. The van der Waals surface area contributed by atoms with Crippen molar-refractivity contribution in [3.63, 3.8) is 0 Å². The lowest BCUT2D eigenvalue weighted by atomic mass is 9.89. The van der Waals surface area contributed by atoms with Crippen molar-refractivity contribution in [2.75, 3.05) is 5.32 Å². The fraction of sp³-hybridized carbons (Fsp3) is 0.733. The van der Waals surface area contributed by atoms with Gasteiger partial charge in [-0.05, 0) is 37.0 Å². The van der Waals surface area contributed by atoms with E-state index in [0.29, 0.717) is 5.92 Å². The summed E-state index contributed by atoms with van der Waals surface area (Å²) in [5.41, 5.74) is 7.33. The molecule has 5 heteroatoms. The van der Waals surface area contributed by atoms with Crippen molar-refractivity contribution in [2.24, 2.45) is 23.0 Å². The van der Waals surface area contributed by atoms with Crippen molar-refractivity contribution >= 4 is 22.4 Å². The lowest BCUT2D eigenvalue weighted by Gasteiger charge is -2.17. The van der Waals surface area contributed by atoms with Crippen LogP contribution in [0.5, 0.6) is 0 Å². The number of hydrogen-bond acceptors (Lipinski definition) is 4. The Balaban J connectivity index is 1.63. The highest BCUT2D eigenvalue weighted by atomic mass is 32.1. The number of aromatic nitrogens is 1. The summed E-state index contributed by atoms with van der Waals surface area (Å²) in [6.45, 7) is 6.61. The van der Waals surface area contributed by atoms with Crippen LogP contribution >= 0.6 is 11.3 Å². The van der Waals surface area contributed by atoms with Crippen molar-refractivity contribution < 1.29 is 4.79 Å². The summed E-state index contributed by atoms with van der Waals surface area (Å²) >= 11 is 1.60. The van der Waals surface area contributed by atoms with E-state index >= 15 is 0 Å². The number of carbonyl (C=O) groups is 1. The first-order chi connectivity index (χ1) is 9.34. The quantitative estimate of drug-likeness (QED) is 0.880. The van der Waals surface area contributed by atoms with Crippen LogP contribution in [0.3, 0.4) is 0 Å². The minimum Gasteiger partial charge on any atom is -0.327 e. The molecule has 0 aromatic carbocycles. The van der Waals surface area contributed by atoms with Crippen molar-refractivity contribution in [3.8, 4) is 0 Å². The third-order valence-corrected chi connectivity index (χ3v) is 5.48. The van der Waals surface area contributed by atoms with Crippen LogP contribution in [0, 0.1) is 17.3 Å². The van der Waals surface area contributed by atoms with Gasteiger partial charge in [0.05, 0.1) is 5.69 Å². The second-order valence-electron chi connectivity index (χ2n) is 7.20. The molecular formula is C15H23N3OS. The van der Waals surface area contributed by atoms with Gasteiger partial charge >= 0.3 is 0 Å². The maximum Gasteiger partial charge on any atom is 0.229 e. The molecule has 4 nitrogen and oxygen atoms in total. The van der Waals surface area contributed by atoms with E-state index in [2.05, 4.69) is 31.1 Å². The normalized spacial score (nSPS) is 28.9. The van der Waals surface area contributed by atoms with Gasteiger partial charge in [0.1, 0.15) is 0 Å². The summed E-state index contributed by atoms with van der Waals surface area (Å²) in [5.74, 6) is 0.809. The standard InChI is InChI=1S/C15H23N3OS/c1-15(2,3)10-7-9(10)13(19)18-14-17-11-5-4-8(16)6-12(11)20-14/h8-10H,4-7,16H2,1-3H3,(H,17,18,19)/t8-,9+,10+/m0/s1. The molecule has 0 spiro atoms. The van der Waals surface area contributed by atoms with Crippen LogP contribution in [0.15, 0.2) is 0 Å². The number of fused-ring (bicyclic) bond motifs is 1. The van der Waals surface area contributed by atoms with Crippen LogP contribution in [0.2, 0.25) is 0 Å². The molecule has 20 heavy (non-hydrogen) atoms. The molecular weight excluding hydrogens is 270 g/mol. The average molecular weight is 293 g/mol. The van der Waals surface area contributed by atoms with E-state index in [4.69, 9.17) is 5.73 Å². The third kappa shape index (κ3) is 2.74. The number of rotatable bonds is 2. The molecule has 0 unspecified atom stereocenters. The summed E-state index contributed by atoms with van der Waals surface area (Å²) < 4.78 is 0. The fourth-order valence-corrected chi connectivity index (χ4v) is 4.20. The van der Waals surface area contributed by atoms with E-state index in [0.717, 1.165) is 36.5 Å². The predicted octanol–water partition coefficient (Wildman–Crippen LogP) is 2.58. The Morgan fingerprint density at radius 1 is 1.45 bits per heavy atom. The van der Waals surface area contributed by atoms with E-state index < -0.39 is 0 Å². The van der Waals surface area contributed by atoms with Crippen LogP contribution in [-0.4, -0.2) is 16.9 Å². The minimum absolute atomic E-state index is 0.139. The van der Waals surface area contributed by atoms with Gasteiger partial charge < -0.3 is 11.1 Å². The molecule has 1 fully saturated rings. The van der Waals surface area contributed by atoms with Crippen LogP contribution in [0.4, 0.5) is 5.13 Å². The molecule has 0 bridgehead atoms. The molecule has 1 amide bonds. The van der Waals surface area contributed by atoms with E-state index in [1.807, 2.05) is 0 Å². The largest absolute Gasteiger partial charge is 0.327 e. The first-order valence-corrected chi connectivity index (χ1v) is 8.21. The van der Waals surface area contributed by atoms with Crippen molar-refractivity contribution in [1.29, 1.82) is 0 Å². The van der Waals surface area contributed by atoms with Crippen LogP contribution in [-0.2, 0) is 17.6 Å². The van der Waals surface area contributed by atoms with Crippen LogP contribution in [0.25, 0.3) is 0 Å². The van der Waals surface area contributed by atoms with Gasteiger partial charge in [0.15, 0.2) is 5.13 Å². The number of nitrogens with two attached hydrogens (primary N) is 1. The topological polar surface area (TPSA) is 68.0 Å². The Labute approximate surface area is 124 Å². The van der Waals surface area contributed by atoms with Gasteiger partial charge in [0.25, 0.3) is 0 Å². The molecule has 110 valence electrons. The molecule has 1 saturated carbocycles. The Hall–Kier alpha value is -0.940. The Kier molecular flexibility index (Phi) is 3.37. The number of nitrogens with zero attached hydrogens (tertiary/aromatic N) is 1. The molecule has 3 rings (SSSR count). The number of thiazole rings is 1. The summed E-state index contributed by atoms with van der Waals surface area (Å²) in [5, 5.41) is 3.76. The van der Waals surface area contributed by atoms with E-state index in [1.165, 1.54) is 4.88 Å². The summed E-state index contributed by atoms with van der Waals surface area (Å²) in [6.07, 6.45) is 3.85. The highest BCUT2D eigenvalue weighted by Gasteiger charge is 2.49. The lowest BCUT2D eigenvalue weighted by molar-refractivity contribution is -0.117. The SMILES string of the molecule is CC(C)(C)[C@@H]1C[C@H]1C(=O)Nc1nc2c(s1)C[C@@H](N)CC2. The van der Waals surface area contributed by atoms with Gasteiger partial charge in [0, 0.05) is 16.8 Å². The zero-order valence-corrected chi connectivity index (χ0v) is 13.2. The number of amides is 1. The molecule has 1 aromatic heterocycles. The number of hydrogen-bond donors (Lipinski definition) is 2. The van der Waals surface area contributed by atoms with Crippen molar-refractivity contribution in [1.82, 2.24) is 4.98 Å². The smallest absolute Gasteiger partial charge is 0.229 e. The second kappa shape index (κ2) is 4.81. The summed E-state index contributed by atoms with van der Waals surface area (Å²) in [7, 11) is 0. The second-order valence-corrected chi connectivity index (χ2v) is 8.28. The Morgan fingerprint density at radius 2 is 2.20 bits per heavy atom. The number of aryl methyl sites for hydroxylation is 1. The lowest BCUT2D eigenvalue weighted by Crippen LogP contribution is -2.27. The summed E-state index contributed by atoms with van der Waals surface area (Å²) in [4.78, 5) is 18.0. The molecule has 2 aliphatic rings. The molecule has 0 aliphatic heterocycles. The van der Waals surface area contributed by atoms with E-state index in [-0.39, 0.29) is 23.3 Å². The zero-order chi connectivity index (χ0) is 14.5. The van der Waals surface area contributed by atoms with E-state index in [9.17, 15) is 4.79 Å². The average Bonchev–Trinajstić information content (AvgIpc) is 3.05. The molecule has 1 aromatic rings. The molecule has 0 radical (unpaired) electrons. The first kappa shape index (κ1) is 14.0. The Morgan fingerprint density at radius 3 is 2.85 bits per heavy atom. The van der Waals surface area contributed by atoms with Crippen molar-refractivity contribution in [3.05, 3.63) is 10.6 Å². The Bertz CT molecular complexity index is 532. The van der Waals surface area contributed by atoms with Crippen LogP contribution < -0.4 is 11.1 Å². The molecule has 2 aliphatic carbocycles. The fourth-order valence-electron chi connectivity index (χ4n) is 3.09. The van der Waals surface area contributed by atoms with Crippen molar-refractivity contribution in [2.45, 2.75) is 52.5 Å². The summed E-state index contributed by atoms with van der Waals surface area (Å²) in [6, 6.07) is 0.250. The highest BCUT2D eigenvalue weighted by Crippen LogP contribution is 2.51. The maximum atomic E-state index is 12.2. The van der Waals surface area contributed by atoms with Gasteiger partial charge in [-0.2, -0.15) is 0 Å². The van der Waals surface area contributed by atoms with E-state index in [1.54, 1.807) is 11.3 Å². The highest BCUT2D eigenvalue weighted by molar-refractivity contribution is 7.15. The minimum atomic E-state index is 0.139. The zero-order valence-electron chi connectivity index (χ0n) is 12.4. The van der Waals surface area contributed by atoms with Gasteiger partial charge in [0.2, 0.25) is 5.91 Å². The van der Waals surface area contributed by atoms with Gasteiger partial charge in [-0.25, -0.2) is 4.98 Å². The molecule has 3 N–H and O–H groups in total. The number of anilines is 1. The monoisotopic (exact) mass is 293 g/mol. The number of carbonyl (C=O) groups excluding carboxylic acids is 1.